The molecule has 0 aliphatic rings. The Bertz CT molecular complexity index is 256. The maximum absolute atomic E-state index is 5.51. The summed E-state index contributed by atoms with van der Waals surface area (Å²) in [7, 11) is 0. The van der Waals surface area contributed by atoms with Crippen LogP contribution in [0.25, 0.3) is 0 Å². The Kier molecular flexibility index (Phi) is 3.08. The van der Waals surface area contributed by atoms with Crippen molar-refractivity contribution in [3.63, 3.8) is 0 Å². The fraction of sp³-hybridized carbons (Fsp3) is 0.333. The van der Waals surface area contributed by atoms with Gasteiger partial charge in [-0.05, 0) is 34.5 Å². The highest BCUT2D eigenvalue weighted by Gasteiger charge is 2.02. The summed E-state index contributed by atoms with van der Waals surface area (Å²) in [6, 6.07) is 0. The molecule has 1 rings (SSSR count). The van der Waals surface area contributed by atoms with Gasteiger partial charge in [0.1, 0.15) is 0 Å². The standard InChI is InChI=1S/C6H6BrClN2O/c1-2-11-4-3-9-6(8)10-5(4)7/h3H,2H2,1H3. The third kappa shape index (κ3) is 2.31. The lowest BCUT2D eigenvalue weighted by molar-refractivity contribution is 0.334. The summed E-state index contributed by atoms with van der Waals surface area (Å²) in [5.74, 6) is 0.608. The molecule has 0 unspecified atom stereocenters. The molecule has 0 atom stereocenters. The second kappa shape index (κ2) is 3.88. The maximum Gasteiger partial charge on any atom is 0.223 e. The van der Waals surface area contributed by atoms with Gasteiger partial charge in [-0.1, -0.05) is 0 Å². The van der Waals surface area contributed by atoms with E-state index in [-0.39, 0.29) is 5.28 Å². The second-order valence-corrected chi connectivity index (χ2v) is 2.82. The first kappa shape index (κ1) is 8.74. The van der Waals surface area contributed by atoms with Crippen LogP contribution in [0, 0.1) is 0 Å². The van der Waals surface area contributed by atoms with Gasteiger partial charge in [0.2, 0.25) is 5.28 Å². The van der Waals surface area contributed by atoms with E-state index in [4.69, 9.17) is 16.3 Å². The quantitative estimate of drug-likeness (QED) is 0.585. The van der Waals surface area contributed by atoms with E-state index in [1.54, 1.807) is 0 Å². The van der Waals surface area contributed by atoms with Crippen molar-refractivity contribution in [1.82, 2.24) is 9.97 Å². The minimum atomic E-state index is 0.209. The molecule has 0 saturated carbocycles. The van der Waals surface area contributed by atoms with Crippen LogP contribution >= 0.6 is 27.5 Å². The van der Waals surface area contributed by atoms with E-state index in [9.17, 15) is 0 Å². The van der Waals surface area contributed by atoms with Gasteiger partial charge in [0, 0.05) is 0 Å². The van der Waals surface area contributed by atoms with E-state index in [0.717, 1.165) is 0 Å². The Balaban J connectivity index is 2.90. The van der Waals surface area contributed by atoms with Gasteiger partial charge in [0.15, 0.2) is 10.4 Å². The number of aromatic nitrogens is 2. The highest BCUT2D eigenvalue weighted by molar-refractivity contribution is 9.10. The SMILES string of the molecule is CCOc1cnc(Cl)nc1Br. The minimum absolute atomic E-state index is 0.209. The van der Waals surface area contributed by atoms with Crippen molar-refractivity contribution in [2.75, 3.05) is 6.61 Å². The fourth-order valence-electron chi connectivity index (χ4n) is 0.582. The Morgan fingerprint density at radius 2 is 2.45 bits per heavy atom. The van der Waals surface area contributed by atoms with Crippen molar-refractivity contribution in [3.8, 4) is 5.75 Å². The number of halogens is 2. The summed E-state index contributed by atoms with van der Waals surface area (Å²) < 4.78 is 5.74. The van der Waals surface area contributed by atoms with Crippen LogP contribution in [0.4, 0.5) is 0 Å². The van der Waals surface area contributed by atoms with E-state index >= 15 is 0 Å². The van der Waals surface area contributed by atoms with Gasteiger partial charge in [0.25, 0.3) is 0 Å². The molecule has 0 aromatic carbocycles. The highest BCUT2D eigenvalue weighted by Crippen LogP contribution is 2.22. The van der Waals surface area contributed by atoms with Crippen molar-refractivity contribution in [1.29, 1.82) is 0 Å². The summed E-state index contributed by atoms with van der Waals surface area (Å²) in [6.45, 7) is 2.48. The van der Waals surface area contributed by atoms with Gasteiger partial charge in [-0.15, -0.1) is 0 Å². The molecule has 0 aliphatic heterocycles. The van der Waals surface area contributed by atoms with E-state index < -0.39 is 0 Å². The Morgan fingerprint density at radius 3 is 3.00 bits per heavy atom. The molecule has 1 heterocycles. The van der Waals surface area contributed by atoms with E-state index in [0.29, 0.717) is 17.0 Å². The molecule has 1 aromatic rings. The highest BCUT2D eigenvalue weighted by atomic mass is 79.9. The zero-order valence-corrected chi connectivity index (χ0v) is 8.18. The van der Waals surface area contributed by atoms with Crippen LogP contribution < -0.4 is 4.74 Å². The van der Waals surface area contributed by atoms with Crippen molar-refractivity contribution >= 4 is 27.5 Å². The van der Waals surface area contributed by atoms with Crippen LogP contribution in [-0.4, -0.2) is 16.6 Å². The first-order valence-electron chi connectivity index (χ1n) is 3.05. The molecule has 0 bridgehead atoms. The molecule has 3 nitrogen and oxygen atoms in total. The topological polar surface area (TPSA) is 35.0 Å². The van der Waals surface area contributed by atoms with Gasteiger partial charge in [-0.2, -0.15) is 0 Å². The molecule has 0 fully saturated rings. The molecule has 11 heavy (non-hydrogen) atoms. The average Bonchev–Trinajstić information content (AvgIpc) is 1.95. The molecule has 60 valence electrons. The van der Waals surface area contributed by atoms with Crippen LogP contribution in [0.3, 0.4) is 0 Å². The molecule has 0 aliphatic carbocycles. The van der Waals surface area contributed by atoms with Crippen LogP contribution in [0.1, 0.15) is 6.92 Å². The number of rotatable bonds is 2. The lowest BCUT2D eigenvalue weighted by Crippen LogP contribution is -1.95. The minimum Gasteiger partial charge on any atom is -0.489 e. The smallest absolute Gasteiger partial charge is 0.223 e. The number of nitrogens with zero attached hydrogens (tertiary/aromatic N) is 2. The Hall–Kier alpha value is -0.350. The van der Waals surface area contributed by atoms with Crippen molar-refractivity contribution < 1.29 is 4.74 Å². The third-order valence-electron chi connectivity index (χ3n) is 0.982. The summed E-state index contributed by atoms with van der Waals surface area (Å²) in [6.07, 6.45) is 1.53. The van der Waals surface area contributed by atoms with Gasteiger partial charge in [-0.3, -0.25) is 0 Å². The lowest BCUT2D eigenvalue weighted by atomic mass is 10.6. The third-order valence-corrected chi connectivity index (χ3v) is 1.73. The summed E-state index contributed by atoms with van der Waals surface area (Å²) in [4.78, 5) is 7.60. The number of hydrogen-bond acceptors (Lipinski definition) is 3. The van der Waals surface area contributed by atoms with Crippen molar-refractivity contribution in [3.05, 3.63) is 16.1 Å². The predicted molar refractivity (Wildman–Crippen MR) is 45.9 cm³/mol. The Morgan fingerprint density at radius 1 is 1.73 bits per heavy atom. The van der Waals surface area contributed by atoms with Gasteiger partial charge in [-0.25, -0.2) is 9.97 Å². The number of ether oxygens (including phenoxy) is 1. The van der Waals surface area contributed by atoms with Crippen LogP contribution in [0.2, 0.25) is 5.28 Å². The maximum atomic E-state index is 5.51. The Labute approximate surface area is 77.9 Å². The number of hydrogen-bond donors (Lipinski definition) is 0. The molecule has 1 aromatic heterocycles. The normalized spacial score (nSPS) is 9.73. The van der Waals surface area contributed by atoms with Crippen LogP contribution in [0.15, 0.2) is 10.8 Å². The molecule has 0 radical (unpaired) electrons. The van der Waals surface area contributed by atoms with Crippen molar-refractivity contribution in [2.24, 2.45) is 0 Å². The predicted octanol–water partition coefficient (Wildman–Crippen LogP) is 2.29. The molecule has 0 N–H and O–H groups in total. The van der Waals surface area contributed by atoms with Crippen LogP contribution in [0.5, 0.6) is 5.75 Å². The molecular formula is C6H6BrClN2O. The zero-order valence-electron chi connectivity index (χ0n) is 5.84. The fourth-order valence-corrected chi connectivity index (χ4v) is 1.20. The van der Waals surface area contributed by atoms with Gasteiger partial charge >= 0.3 is 0 Å². The first-order valence-corrected chi connectivity index (χ1v) is 4.22. The van der Waals surface area contributed by atoms with Gasteiger partial charge < -0.3 is 4.74 Å². The molecule has 0 amide bonds. The first-order chi connectivity index (χ1) is 5.24. The summed E-state index contributed by atoms with van der Waals surface area (Å²) >= 11 is 8.70. The van der Waals surface area contributed by atoms with E-state index in [1.807, 2.05) is 6.92 Å². The lowest BCUT2D eigenvalue weighted by Gasteiger charge is -2.02. The zero-order chi connectivity index (χ0) is 8.27. The summed E-state index contributed by atoms with van der Waals surface area (Å²) in [5.41, 5.74) is 0. The molecular weight excluding hydrogens is 231 g/mol. The molecule has 0 saturated heterocycles. The monoisotopic (exact) mass is 236 g/mol. The van der Waals surface area contributed by atoms with Crippen molar-refractivity contribution in [2.45, 2.75) is 6.92 Å². The average molecular weight is 237 g/mol. The van der Waals surface area contributed by atoms with Crippen LogP contribution in [-0.2, 0) is 0 Å². The molecule has 0 spiro atoms. The second-order valence-electron chi connectivity index (χ2n) is 1.73. The van der Waals surface area contributed by atoms with E-state index in [1.165, 1.54) is 6.20 Å². The summed E-state index contributed by atoms with van der Waals surface area (Å²) in [5, 5.41) is 0.209. The largest absolute Gasteiger partial charge is 0.489 e. The van der Waals surface area contributed by atoms with E-state index in [2.05, 4.69) is 25.9 Å². The van der Waals surface area contributed by atoms with Gasteiger partial charge in [0.05, 0.1) is 12.8 Å². The molecule has 5 heteroatoms.